The maximum atomic E-state index is 7.21. The summed E-state index contributed by atoms with van der Waals surface area (Å²) >= 11 is 14.3. The van der Waals surface area contributed by atoms with E-state index < -0.39 is 12.1 Å². The summed E-state index contributed by atoms with van der Waals surface area (Å²) in [5.41, 5.74) is 6.22. The lowest BCUT2D eigenvalue weighted by atomic mass is 10.1. The van der Waals surface area contributed by atoms with Crippen molar-refractivity contribution in [3.63, 3.8) is 0 Å². The van der Waals surface area contributed by atoms with Crippen molar-refractivity contribution in [2.24, 2.45) is 0 Å². The molecule has 56 heavy (non-hydrogen) atoms. The van der Waals surface area contributed by atoms with Crippen LogP contribution in [-0.4, -0.2) is 0 Å². The normalized spacial score (nSPS) is 19.9. The predicted octanol–water partition coefficient (Wildman–Crippen LogP) is 10.3. The van der Waals surface area contributed by atoms with Crippen LogP contribution in [0.15, 0.2) is 146 Å². The Morgan fingerprint density at radius 3 is 1.09 bits per heavy atom. The van der Waals surface area contributed by atoms with E-state index in [1.807, 2.05) is 24.3 Å². The van der Waals surface area contributed by atoms with Gasteiger partial charge in [0.15, 0.2) is 11.5 Å². The molecule has 6 aliphatic heterocycles. The van der Waals surface area contributed by atoms with E-state index in [-0.39, 0.29) is 0 Å². The zero-order valence-corrected chi connectivity index (χ0v) is 32.5. The van der Waals surface area contributed by atoms with E-state index in [4.69, 9.17) is 42.6 Å². The molecule has 8 aromatic carbocycles. The Morgan fingerprint density at radius 2 is 0.714 bits per heavy atom. The second kappa shape index (κ2) is 10.1. The van der Waals surface area contributed by atoms with Gasteiger partial charge in [0.1, 0.15) is 34.5 Å². The average molecular weight is 795 g/mol. The molecular formula is C46H24N2O4P2S2. The van der Waals surface area contributed by atoms with Crippen molar-refractivity contribution in [3.8, 4) is 46.0 Å². The molecular weight excluding hydrogens is 771 g/mol. The van der Waals surface area contributed by atoms with Gasteiger partial charge in [-0.05, 0) is 90.3 Å². The first kappa shape index (κ1) is 30.4. The van der Waals surface area contributed by atoms with E-state index >= 15 is 0 Å². The van der Waals surface area contributed by atoms with Crippen LogP contribution in [0.4, 0.5) is 34.1 Å². The lowest BCUT2D eigenvalue weighted by molar-refractivity contribution is 0.459. The third-order valence-corrected chi connectivity index (χ3v) is 21.6. The fraction of sp³-hybridized carbons (Fsp3) is 0. The number of benzene rings is 8. The zero-order chi connectivity index (χ0) is 36.7. The third-order valence-electron chi connectivity index (χ3n) is 11.9. The molecule has 10 heteroatoms. The molecule has 0 radical (unpaired) electrons. The smallest absolute Gasteiger partial charge is 0.151 e. The maximum Gasteiger partial charge on any atom is 0.151 e. The van der Waals surface area contributed by atoms with Gasteiger partial charge in [-0.25, -0.2) is 0 Å². The third kappa shape index (κ3) is 3.37. The fourth-order valence-electron chi connectivity index (χ4n) is 9.84. The fourth-order valence-corrected chi connectivity index (χ4v) is 19.9. The SMILES string of the molecule is S=P12c3c4cccc3N(c3ccccc3)c3cccc(c31)Oc1c2c(cc2cc3c5c(c12)Oc1cccc2c1P5(=S)c1c(cccc1N2c1ccccc1)O3)O4. The lowest BCUT2D eigenvalue weighted by Gasteiger charge is -2.47. The number of fused-ring (bicyclic) bond motifs is 3. The van der Waals surface area contributed by atoms with Gasteiger partial charge in [-0.15, -0.1) is 0 Å². The van der Waals surface area contributed by atoms with Gasteiger partial charge in [0.25, 0.3) is 0 Å². The maximum absolute atomic E-state index is 7.21. The molecule has 14 rings (SSSR count). The zero-order valence-electron chi connectivity index (χ0n) is 29.1. The van der Waals surface area contributed by atoms with Gasteiger partial charge >= 0.3 is 0 Å². The van der Waals surface area contributed by atoms with Gasteiger partial charge in [0.05, 0.1) is 72.0 Å². The molecule has 0 spiro atoms. The van der Waals surface area contributed by atoms with E-state index in [9.17, 15) is 0 Å². The molecule has 0 aromatic heterocycles. The Kier molecular flexibility index (Phi) is 5.47. The van der Waals surface area contributed by atoms with E-state index in [0.717, 1.165) is 99.7 Å². The molecule has 0 fully saturated rings. The summed E-state index contributed by atoms with van der Waals surface area (Å²) in [7, 11) is 0. The van der Waals surface area contributed by atoms with Crippen LogP contribution in [0.1, 0.15) is 0 Å². The summed E-state index contributed by atoms with van der Waals surface area (Å²) in [6.45, 7) is 0. The minimum absolute atomic E-state index is 0.681. The van der Waals surface area contributed by atoms with Gasteiger partial charge in [0.2, 0.25) is 0 Å². The van der Waals surface area contributed by atoms with Crippen molar-refractivity contribution in [2.45, 2.75) is 0 Å². The average Bonchev–Trinajstić information content (AvgIpc) is 3.21. The van der Waals surface area contributed by atoms with Crippen molar-refractivity contribution in [1.82, 2.24) is 0 Å². The molecule has 0 bridgehead atoms. The van der Waals surface area contributed by atoms with Crippen LogP contribution in [0.5, 0.6) is 46.0 Å². The van der Waals surface area contributed by atoms with Gasteiger partial charge in [-0.3, -0.25) is 0 Å². The van der Waals surface area contributed by atoms with Gasteiger partial charge < -0.3 is 28.7 Å². The van der Waals surface area contributed by atoms with Crippen molar-refractivity contribution >= 4 is 112 Å². The quantitative estimate of drug-likeness (QED) is 0.160. The van der Waals surface area contributed by atoms with Crippen molar-refractivity contribution < 1.29 is 18.9 Å². The Morgan fingerprint density at radius 1 is 0.357 bits per heavy atom. The molecule has 0 saturated heterocycles. The van der Waals surface area contributed by atoms with Crippen LogP contribution in [0.3, 0.4) is 0 Å². The van der Waals surface area contributed by atoms with E-state index in [0.29, 0.717) is 23.0 Å². The number of hydrogen-bond acceptors (Lipinski definition) is 8. The molecule has 2 unspecified atom stereocenters. The van der Waals surface area contributed by atoms with E-state index in [2.05, 4.69) is 131 Å². The van der Waals surface area contributed by atoms with E-state index in [1.54, 1.807) is 0 Å². The molecule has 6 aliphatic rings. The molecule has 0 saturated carbocycles. The Balaban J connectivity index is 1.09. The summed E-state index contributed by atoms with van der Waals surface area (Å²) in [6.07, 6.45) is 0. The Hall–Kier alpha value is -5.88. The summed E-state index contributed by atoms with van der Waals surface area (Å²) in [6, 6.07) is 44.7. The number of anilines is 6. The van der Waals surface area contributed by atoms with Gasteiger partial charge in [0, 0.05) is 11.4 Å². The van der Waals surface area contributed by atoms with Crippen LogP contribution < -0.4 is 60.6 Å². The standard InChI is InChI=1S/C46H24N2O4P2S2/c55-53-41-28-15-7-19-32(41)49-36-23-25-24-37-46-40(38(25)39(45(36)53)51-34-21-9-17-30(43(34)53)47(28)26-11-3-1-4-12-26)52-35-22-10-18-31-44(35)54(46,56)42-29(16-8-20-33(42)50-37)48(31)27-13-5-2-6-14-27/h1-24H. The van der Waals surface area contributed by atoms with Gasteiger partial charge in [-0.1, -0.05) is 84.3 Å². The Bertz CT molecular complexity index is 3040. The number of hydrogen-bond donors (Lipinski definition) is 0. The molecule has 264 valence electrons. The first-order valence-electron chi connectivity index (χ1n) is 18.4. The second-order valence-electron chi connectivity index (χ2n) is 14.7. The largest absolute Gasteiger partial charge is 0.456 e. The van der Waals surface area contributed by atoms with Crippen molar-refractivity contribution in [3.05, 3.63) is 146 Å². The molecule has 0 N–H and O–H groups in total. The molecule has 8 aromatic rings. The highest BCUT2D eigenvalue weighted by Gasteiger charge is 2.53. The minimum atomic E-state index is -2.75. The molecule has 2 atom stereocenters. The highest BCUT2D eigenvalue weighted by atomic mass is 32.4. The number of rotatable bonds is 2. The van der Waals surface area contributed by atoms with Gasteiger partial charge in [-0.2, -0.15) is 0 Å². The molecule has 6 heterocycles. The molecule has 0 amide bonds. The van der Waals surface area contributed by atoms with Crippen molar-refractivity contribution in [1.29, 1.82) is 0 Å². The number of ether oxygens (including phenoxy) is 4. The van der Waals surface area contributed by atoms with Crippen LogP contribution in [0, 0.1) is 0 Å². The summed E-state index contributed by atoms with van der Waals surface area (Å²) < 4.78 is 28.3. The summed E-state index contributed by atoms with van der Waals surface area (Å²) in [5, 5.41) is 7.72. The van der Waals surface area contributed by atoms with Crippen LogP contribution in [0.25, 0.3) is 10.8 Å². The monoisotopic (exact) mass is 794 g/mol. The highest BCUT2D eigenvalue weighted by molar-refractivity contribution is 8.26. The van der Waals surface area contributed by atoms with E-state index in [1.165, 1.54) is 0 Å². The van der Waals surface area contributed by atoms with Crippen LogP contribution in [0.2, 0.25) is 0 Å². The van der Waals surface area contributed by atoms with Crippen LogP contribution >= 0.6 is 12.1 Å². The summed E-state index contributed by atoms with van der Waals surface area (Å²) in [4.78, 5) is 4.59. The number of para-hydroxylation sites is 2. The topological polar surface area (TPSA) is 43.4 Å². The first-order chi connectivity index (χ1) is 27.5. The first-order valence-corrected chi connectivity index (χ1v) is 24.0. The summed E-state index contributed by atoms with van der Waals surface area (Å²) in [5.74, 6) is 5.84. The predicted molar refractivity (Wildman–Crippen MR) is 233 cm³/mol. The van der Waals surface area contributed by atoms with Crippen LogP contribution in [-0.2, 0) is 23.6 Å². The molecule has 6 nitrogen and oxygen atoms in total. The molecule has 0 aliphatic carbocycles. The van der Waals surface area contributed by atoms with Crippen molar-refractivity contribution in [2.75, 3.05) is 9.80 Å². The Labute approximate surface area is 331 Å². The highest BCUT2D eigenvalue weighted by Crippen LogP contribution is 2.69. The minimum Gasteiger partial charge on any atom is -0.456 e. The number of nitrogens with zero attached hydrogens (tertiary/aromatic N) is 2. The second-order valence-corrected chi connectivity index (χ2v) is 23.1. The lowest BCUT2D eigenvalue weighted by Crippen LogP contribution is -2.43.